The van der Waals surface area contributed by atoms with E-state index in [4.69, 9.17) is 0 Å². The molecule has 3 nitrogen and oxygen atoms in total. The lowest BCUT2D eigenvalue weighted by atomic mass is 10.4. The number of hydrogen-bond donors (Lipinski definition) is 1. The molecule has 1 N–H and O–H groups in total. The molecule has 0 spiro atoms. The summed E-state index contributed by atoms with van der Waals surface area (Å²) in [6.45, 7) is 0. The van der Waals surface area contributed by atoms with Crippen LogP contribution in [0.15, 0.2) is 0 Å². The zero-order valence-electron chi connectivity index (χ0n) is 3.60. The van der Waals surface area contributed by atoms with Crippen molar-refractivity contribution in [3.05, 3.63) is 6.42 Å². The van der Waals surface area contributed by atoms with E-state index in [2.05, 4.69) is 5.32 Å². The van der Waals surface area contributed by atoms with Crippen LogP contribution in [0.5, 0.6) is 0 Å². The van der Waals surface area contributed by atoms with Crippen molar-refractivity contribution >= 4 is 11.8 Å². The highest BCUT2D eigenvalue weighted by atomic mass is 16.2. The van der Waals surface area contributed by atoms with Crippen LogP contribution in [0.4, 0.5) is 0 Å². The largest absolute Gasteiger partial charge is 0.296 e. The standard InChI is InChI=1S/C4H4NO2/c6-3-1-2-4(7)5-3/h1H,2H2,(H,5,6,7). The second-order valence-electron chi connectivity index (χ2n) is 1.32. The SMILES string of the molecule is O=C1[CH]CC(=O)N1. The van der Waals surface area contributed by atoms with Gasteiger partial charge in [-0.2, -0.15) is 0 Å². The van der Waals surface area contributed by atoms with Gasteiger partial charge in [0.15, 0.2) is 0 Å². The minimum absolute atomic E-state index is 0.204. The summed E-state index contributed by atoms with van der Waals surface area (Å²) < 4.78 is 0. The zero-order chi connectivity index (χ0) is 5.28. The van der Waals surface area contributed by atoms with Gasteiger partial charge in [-0.05, 0) is 0 Å². The molecule has 0 aromatic heterocycles. The molecule has 7 heavy (non-hydrogen) atoms. The lowest BCUT2D eigenvalue weighted by Gasteiger charge is -1.79. The van der Waals surface area contributed by atoms with Crippen molar-refractivity contribution in [2.75, 3.05) is 0 Å². The van der Waals surface area contributed by atoms with Gasteiger partial charge in [-0.15, -0.1) is 0 Å². The molecule has 37 valence electrons. The first-order chi connectivity index (χ1) is 3.29. The van der Waals surface area contributed by atoms with Crippen LogP contribution in [0.25, 0.3) is 0 Å². The second kappa shape index (κ2) is 1.33. The van der Waals surface area contributed by atoms with Crippen LogP contribution >= 0.6 is 0 Å². The van der Waals surface area contributed by atoms with Gasteiger partial charge in [0.2, 0.25) is 11.8 Å². The van der Waals surface area contributed by atoms with Gasteiger partial charge in [-0.25, -0.2) is 0 Å². The smallest absolute Gasteiger partial charge is 0.231 e. The van der Waals surface area contributed by atoms with Crippen LogP contribution in [0.1, 0.15) is 6.42 Å². The van der Waals surface area contributed by atoms with Crippen molar-refractivity contribution < 1.29 is 9.59 Å². The van der Waals surface area contributed by atoms with Gasteiger partial charge in [0.25, 0.3) is 0 Å². The maximum absolute atomic E-state index is 10.1. The number of carbonyl (C=O) groups excluding carboxylic acids is 2. The number of nitrogens with one attached hydrogen (secondary N) is 1. The molecule has 3 heteroatoms. The number of rotatable bonds is 0. The van der Waals surface area contributed by atoms with E-state index < -0.39 is 0 Å². The van der Waals surface area contributed by atoms with E-state index in [0.717, 1.165) is 0 Å². The maximum atomic E-state index is 10.1. The fourth-order valence-electron chi connectivity index (χ4n) is 0.425. The molecule has 0 saturated carbocycles. The molecule has 1 aliphatic rings. The first-order valence-electron chi connectivity index (χ1n) is 1.96. The molecule has 0 aromatic rings. The third-order valence-electron chi connectivity index (χ3n) is 0.735. The topological polar surface area (TPSA) is 46.2 Å². The Balaban J connectivity index is 2.55. The van der Waals surface area contributed by atoms with Crippen molar-refractivity contribution in [2.45, 2.75) is 6.42 Å². The van der Waals surface area contributed by atoms with E-state index in [-0.39, 0.29) is 18.2 Å². The van der Waals surface area contributed by atoms with E-state index in [1.54, 1.807) is 0 Å². The Morgan fingerprint density at radius 2 is 2.29 bits per heavy atom. The average Bonchev–Trinajstić information content (AvgIpc) is 1.87. The van der Waals surface area contributed by atoms with E-state index in [1.165, 1.54) is 6.42 Å². The Morgan fingerprint density at radius 3 is 2.43 bits per heavy atom. The molecule has 1 radical (unpaired) electrons. The monoisotopic (exact) mass is 98.0 g/mol. The number of carbonyl (C=O) groups is 2. The summed E-state index contributed by atoms with van der Waals surface area (Å²) in [5.41, 5.74) is 0. The van der Waals surface area contributed by atoms with E-state index >= 15 is 0 Å². The molecular formula is C4H4NO2. The molecule has 1 fully saturated rings. The van der Waals surface area contributed by atoms with Gasteiger partial charge in [0.1, 0.15) is 0 Å². The van der Waals surface area contributed by atoms with Crippen molar-refractivity contribution in [1.29, 1.82) is 0 Å². The van der Waals surface area contributed by atoms with Crippen LogP contribution in [0, 0.1) is 6.42 Å². The minimum atomic E-state index is -0.273. The fraction of sp³-hybridized carbons (Fsp3) is 0.250. The van der Waals surface area contributed by atoms with Gasteiger partial charge in [-0.3, -0.25) is 14.9 Å². The summed E-state index contributed by atoms with van der Waals surface area (Å²) >= 11 is 0. The lowest BCUT2D eigenvalue weighted by molar-refractivity contribution is -0.124. The predicted molar refractivity (Wildman–Crippen MR) is 22.1 cm³/mol. The molecule has 2 amide bonds. The first-order valence-corrected chi connectivity index (χ1v) is 1.96. The maximum Gasteiger partial charge on any atom is 0.231 e. The molecule has 1 heterocycles. The summed E-state index contributed by atoms with van der Waals surface area (Å²) in [7, 11) is 0. The molecule has 1 aliphatic heterocycles. The van der Waals surface area contributed by atoms with Crippen LogP contribution in [-0.4, -0.2) is 11.8 Å². The second-order valence-corrected chi connectivity index (χ2v) is 1.32. The quantitative estimate of drug-likeness (QED) is 0.405. The van der Waals surface area contributed by atoms with Gasteiger partial charge in [0.05, 0.1) is 6.42 Å². The van der Waals surface area contributed by atoms with Crippen molar-refractivity contribution in [2.24, 2.45) is 0 Å². The zero-order valence-corrected chi connectivity index (χ0v) is 3.60. The third kappa shape index (κ3) is 0.765. The van der Waals surface area contributed by atoms with Crippen LogP contribution in [0.2, 0.25) is 0 Å². The molecule has 1 rings (SSSR count). The van der Waals surface area contributed by atoms with Gasteiger partial charge in [-0.1, -0.05) is 0 Å². The highest BCUT2D eigenvalue weighted by Crippen LogP contribution is 1.94. The summed E-state index contributed by atoms with van der Waals surface area (Å²) in [6.07, 6.45) is 1.57. The molecule has 0 atom stereocenters. The van der Waals surface area contributed by atoms with Crippen LogP contribution < -0.4 is 5.32 Å². The molecule has 0 unspecified atom stereocenters. The molecular weight excluding hydrogens is 94.0 g/mol. The van der Waals surface area contributed by atoms with Gasteiger partial charge < -0.3 is 0 Å². The summed E-state index contributed by atoms with van der Waals surface area (Å²) in [5.74, 6) is -0.477. The van der Waals surface area contributed by atoms with Gasteiger partial charge >= 0.3 is 0 Å². The van der Waals surface area contributed by atoms with Crippen molar-refractivity contribution in [3.63, 3.8) is 0 Å². The highest BCUT2D eigenvalue weighted by molar-refractivity contribution is 6.07. The molecule has 0 bridgehead atoms. The first kappa shape index (κ1) is 4.30. The Labute approximate surface area is 40.7 Å². The molecule has 0 aliphatic carbocycles. The summed E-state index contributed by atoms with van der Waals surface area (Å²) in [5, 5.41) is 2.08. The van der Waals surface area contributed by atoms with Crippen molar-refractivity contribution in [3.8, 4) is 0 Å². The Morgan fingerprint density at radius 1 is 1.57 bits per heavy atom. The number of imide groups is 1. The molecule has 0 aromatic carbocycles. The number of hydrogen-bond acceptors (Lipinski definition) is 2. The Bertz CT molecular complexity index is 105. The fourth-order valence-corrected chi connectivity index (χ4v) is 0.425. The average molecular weight is 98.1 g/mol. The van der Waals surface area contributed by atoms with E-state index in [0.29, 0.717) is 0 Å². The van der Waals surface area contributed by atoms with E-state index in [1.807, 2.05) is 0 Å². The van der Waals surface area contributed by atoms with E-state index in [9.17, 15) is 9.59 Å². The summed E-state index contributed by atoms with van der Waals surface area (Å²) in [4.78, 5) is 20.2. The van der Waals surface area contributed by atoms with Crippen LogP contribution in [0.3, 0.4) is 0 Å². The lowest BCUT2D eigenvalue weighted by Crippen LogP contribution is -2.18. The Hall–Kier alpha value is -0.860. The summed E-state index contributed by atoms with van der Waals surface area (Å²) in [6, 6.07) is 0. The molecule has 1 saturated heterocycles. The van der Waals surface area contributed by atoms with Crippen LogP contribution in [-0.2, 0) is 9.59 Å². The third-order valence-corrected chi connectivity index (χ3v) is 0.735. The number of amides is 2. The highest BCUT2D eigenvalue weighted by Gasteiger charge is 2.16. The minimum Gasteiger partial charge on any atom is -0.296 e. The van der Waals surface area contributed by atoms with Crippen molar-refractivity contribution in [1.82, 2.24) is 5.32 Å². The Kier molecular flexibility index (Phi) is 0.817. The van der Waals surface area contributed by atoms with Gasteiger partial charge in [0, 0.05) is 6.42 Å². The normalized spacial score (nSPS) is 20.0. The predicted octanol–water partition coefficient (Wildman–Crippen LogP) is -0.763.